The normalized spacial score (nSPS) is 22.3. The zero-order valence-corrected chi connectivity index (χ0v) is 12.6. The quantitative estimate of drug-likeness (QED) is 0.907. The van der Waals surface area contributed by atoms with Gasteiger partial charge < -0.3 is 10.5 Å². The molecule has 0 amide bonds. The number of halogens is 1. The number of hydrogen-bond acceptors (Lipinski definition) is 3. The highest BCUT2D eigenvalue weighted by Crippen LogP contribution is 2.30. The molecule has 2 N–H and O–H groups in total. The maximum absolute atomic E-state index is 13.3. The first-order chi connectivity index (χ1) is 10.3. The summed E-state index contributed by atoms with van der Waals surface area (Å²) in [6.07, 6.45) is 7.49. The minimum Gasteiger partial charge on any atom is -0.488 e. The van der Waals surface area contributed by atoms with E-state index in [2.05, 4.69) is 4.90 Å². The first-order valence-corrected chi connectivity index (χ1v) is 8.15. The van der Waals surface area contributed by atoms with E-state index in [1.165, 1.54) is 38.2 Å². The molecule has 1 saturated carbocycles. The molecular weight excluding hydrogens is 267 g/mol. The van der Waals surface area contributed by atoms with Crippen LogP contribution in [0.25, 0.3) is 0 Å². The molecular formula is C17H25FN2O. The van der Waals surface area contributed by atoms with E-state index in [1.807, 2.05) is 0 Å². The summed E-state index contributed by atoms with van der Waals surface area (Å²) in [6, 6.07) is 5.47. The Balaban J connectivity index is 1.61. The highest BCUT2D eigenvalue weighted by atomic mass is 19.1. The Labute approximate surface area is 126 Å². The van der Waals surface area contributed by atoms with Crippen molar-refractivity contribution >= 4 is 0 Å². The lowest BCUT2D eigenvalue weighted by atomic mass is 9.93. The van der Waals surface area contributed by atoms with Crippen LogP contribution < -0.4 is 10.5 Å². The number of rotatable bonds is 5. The second-order valence-corrected chi connectivity index (χ2v) is 6.27. The number of ether oxygens (including phenoxy) is 1. The summed E-state index contributed by atoms with van der Waals surface area (Å²) >= 11 is 0. The van der Waals surface area contributed by atoms with Crippen molar-refractivity contribution in [1.82, 2.24) is 4.90 Å². The lowest BCUT2D eigenvalue weighted by Crippen LogP contribution is -2.45. The van der Waals surface area contributed by atoms with Gasteiger partial charge in [-0.15, -0.1) is 0 Å². The van der Waals surface area contributed by atoms with Crippen LogP contribution in [0, 0.1) is 5.82 Å². The van der Waals surface area contributed by atoms with Crippen LogP contribution in [-0.4, -0.2) is 36.7 Å². The predicted molar refractivity (Wildman–Crippen MR) is 82.0 cm³/mol. The van der Waals surface area contributed by atoms with Gasteiger partial charge in [-0.2, -0.15) is 0 Å². The van der Waals surface area contributed by atoms with Gasteiger partial charge in [-0.25, -0.2) is 4.39 Å². The van der Waals surface area contributed by atoms with Gasteiger partial charge in [-0.05, 0) is 31.0 Å². The highest BCUT2D eigenvalue weighted by Gasteiger charge is 2.28. The van der Waals surface area contributed by atoms with Crippen LogP contribution in [0.5, 0.6) is 5.75 Å². The van der Waals surface area contributed by atoms with Crippen molar-refractivity contribution in [3.8, 4) is 5.75 Å². The van der Waals surface area contributed by atoms with Crippen LogP contribution in [0.15, 0.2) is 18.2 Å². The van der Waals surface area contributed by atoms with Crippen molar-refractivity contribution in [2.45, 2.75) is 50.7 Å². The third kappa shape index (κ3) is 3.55. The Bertz CT molecular complexity index is 474. The van der Waals surface area contributed by atoms with Gasteiger partial charge in [-0.1, -0.05) is 19.3 Å². The second-order valence-electron chi connectivity index (χ2n) is 6.27. The molecule has 1 fully saturated rings. The van der Waals surface area contributed by atoms with E-state index in [4.69, 9.17) is 10.5 Å². The number of fused-ring (bicyclic) bond motifs is 1. The van der Waals surface area contributed by atoms with Gasteiger partial charge in [0, 0.05) is 37.7 Å². The zero-order chi connectivity index (χ0) is 14.7. The van der Waals surface area contributed by atoms with Crippen molar-refractivity contribution in [3.63, 3.8) is 0 Å². The molecule has 1 atom stereocenters. The third-order valence-corrected chi connectivity index (χ3v) is 4.71. The van der Waals surface area contributed by atoms with E-state index in [9.17, 15) is 4.39 Å². The van der Waals surface area contributed by atoms with E-state index < -0.39 is 0 Å². The summed E-state index contributed by atoms with van der Waals surface area (Å²) < 4.78 is 19.3. The smallest absolute Gasteiger partial charge is 0.123 e. The largest absolute Gasteiger partial charge is 0.488 e. The molecule has 4 heteroatoms. The lowest BCUT2D eigenvalue weighted by molar-refractivity contribution is 0.0994. The van der Waals surface area contributed by atoms with Gasteiger partial charge in [0.05, 0.1) is 0 Å². The van der Waals surface area contributed by atoms with E-state index >= 15 is 0 Å². The van der Waals surface area contributed by atoms with Crippen molar-refractivity contribution in [2.75, 3.05) is 19.6 Å². The molecule has 0 aromatic heterocycles. The summed E-state index contributed by atoms with van der Waals surface area (Å²) in [5, 5.41) is 0. The first kappa shape index (κ1) is 14.8. The van der Waals surface area contributed by atoms with Crippen molar-refractivity contribution in [2.24, 2.45) is 5.73 Å². The van der Waals surface area contributed by atoms with Crippen LogP contribution in [0.3, 0.4) is 0 Å². The predicted octanol–water partition coefficient (Wildman–Crippen LogP) is 2.72. The van der Waals surface area contributed by atoms with Crippen LogP contribution >= 0.6 is 0 Å². The monoisotopic (exact) mass is 292 g/mol. The van der Waals surface area contributed by atoms with Crippen molar-refractivity contribution < 1.29 is 9.13 Å². The molecule has 2 aliphatic rings. The Morgan fingerprint density at radius 3 is 2.81 bits per heavy atom. The summed E-state index contributed by atoms with van der Waals surface area (Å²) in [5.74, 6) is 0.668. The summed E-state index contributed by atoms with van der Waals surface area (Å²) in [5.41, 5.74) is 6.78. The average Bonchev–Trinajstić information content (AvgIpc) is 2.89. The van der Waals surface area contributed by atoms with Gasteiger partial charge in [0.2, 0.25) is 0 Å². The maximum Gasteiger partial charge on any atom is 0.123 e. The van der Waals surface area contributed by atoms with Crippen molar-refractivity contribution in [1.29, 1.82) is 0 Å². The highest BCUT2D eigenvalue weighted by molar-refractivity contribution is 5.37. The van der Waals surface area contributed by atoms with Crippen LogP contribution in [0.2, 0.25) is 0 Å². The summed E-state index contributed by atoms with van der Waals surface area (Å²) in [7, 11) is 0. The van der Waals surface area contributed by atoms with Gasteiger partial charge in [0.25, 0.3) is 0 Å². The Morgan fingerprint density at radius 1 is 1.24 bits per heavy atom. The third-order valence-electron chi connectivity index (χ3n) is 4.71. The van der Waals surface area contributed by atoms with Crippen LogP contribution in [0.4, 0.5) is 4.39 Å². The SMILES string of the molecule is NCCN(CC1Cc2cc(F)ccc2O1)C1CCCCC1. The van der Waals surface area contributed by atoms with E-state index in [0.717, 1.165) is 30.8 Å². The number of nitrogens with two attached hydrogens (primary N) is 1. The molecule has 1 unspecified atom stereocenters. The average molecular weight is 292 g/mol. The number of hydrogen-bond donors (Lipinski definition) is 1. The molecule has 3 nitrogen and oxygen atoms in total. The number of nitrogens with zero attached hydrogens (tertiary/aromatic N) is 1. The molecule has 3 rings (SSSR count). The molecule has 1 aromatic carbocycles. The fourth-order valence-corrected chi connectivity index (χ4v) is 3.69. The molecule has 1 aromatic rings. The van der Waals surface area contributed by atoms with Gasteiger partial charge >= 0.3 is 0 Å². The minimum absolute atomic E-state index is 0.135. The molecule has 0 bridgehead atoms. The van der Waals surface area contributed by atoms with E-state index in [-0.39, 0.29) is 11.9 Å². The standard InChI is InChI=1S/C17H25FN2O/c18-14-6-7-17-13(10-14)11-16(21-17)12-20(9-8-19)15-4-2-1-3-5-15/h6-7,10,15-16H,1-5,8-9,11-12,19H2. The first-order valence-electron chi connectivity index (χ1n) is 8.15. The summed E-state index contributed by atoms with van der Waals surface area (Å²) in [6.45, 7) is 2.51. The van der Waals surface area contributed by atoms with Gasteiger partial charge in [-0.3, -0.25) is 4.90 Å². The van der Waals surface area contributed by atoms with Crippen LogP contribution in [-0.2, 0) is 6.42 Å². The molecule has 0 spiro atoms. The second kappa shape index (κ2) is 6.75. The molecule has 1 aliphatic carbocycles. The van der Waals surface area contributed by atoms with Crippen LogP contribution in [0.1, 0.15) is 37.7 Å². The summed E-state index contributed by atoms with van der Waals surface area (Å²) in [4.78, 5) is 2.49. The maximum atomic E-state index is 13.3. The van der Waals surface area contributed by atoms with E-state index in [1.54, 1.807) is 12.1 Å². The molecule has 21 heavy (non-hydrogen) atoms. The molecule has 116 valence electrons. The molecule has 1 aliphatic heterocycles. The van der Waals surface area contributed by atoms with E-state index in [0.29, 0.717) is 12.6 Å². The van der Waals surface area contributed by atoms with Gasteiger partial charge in [0.1, 0.15) is 17.7 Å². The minimum atomic E-state index is -0.177. The van der Waals surface area contributed by atoms with Crippen molar-refractivity contribution in [3.05, 3.63) is 29.6 Å². The zero-order valence-electron chi connectivity index (χ0n) is 12.6. The number of benzene rings is 1. The Morgan fingerprint density at radius 2 is 2.05 bits per heavy atom. The fraction of sp³-hybridized carbons (Fsp3) is 0.647. The molecule has 1 heterocycles. The lowest BCUT2D eigenvalue weighted by Gasteiger charge is -2.35. The van der Waals surface area contributed by atoms with Gasteiger partial charge in [0.15, 0.2) is 0 Å². The molecule has 0 radical (unpaired) electrons. The fourth-order valence-electron chi connectivity index (χ4n) is 3.69. The Kier molecular flexibility index (Phi) is 4.76. The Hall–Kier alpha value is -1.13. The topological polar surface area (TPSA) is 38.5 Å². The molecule has 0 saturated heterocycles.